The molecule has 1 aromatic carbocycles. The van der Waals surface area contributed by atoms with Gasteiger partial charge in [0.15, 0.2) is 0 Å². The van der Waals surface area contributed by atoms with Crippen molar-refractivity contribution in [1.82, 2.24) is 14.7 Å². The number of carbonyl (C=O) groups excluding carboxylic acids is 2. The molecule has 5 nitrogen and oxygen atoms in total. The summed E-state index contributed by atoms with van der Waals surface area (Å²) in [5.74, 6) is 0.357. The summed E-state index contributed by atoms with van der Waals surface area (Å²) in [6.07, 6.45) is 6.97. The van der Waals surface area contributed by atoms with Gasteiger partial charge in [0, 0.05) is 57.3 Å². The number of benzene rings is 1. The van der Waals surface area contributed by atoms with Crippen LogP contribution in [-0.2, 0) is 11.3 Å². The maximum absolute atomic E-state index is 12.9. The minimum atomic E-state index is 0.130. The van der Waals surface area contributed by atoms with Gasteiger partial charge in [-0.1, -0.05) is 25.0 Å². The molecule has 1 saturated carbocycles. The van der Waals surface area contributed by atoms with Crippen LogP contribution in [0.5, 0.6) is 0 Å². The van der Waals surface area contributed by atoms with E-state index in [1.54, 1.807) is 0 Å². The Bertz CT molecular complexity index is 661. The quantitative estimate of drug-likeness (QED) is 0.834. The largest absolute Gasteiger partial charge is 0.338 e. The molecular formula is C21H29N3O2. The molecule has 3 fully saturated rings. The van der Waals surface area contributed by atoms with Crippen molar-refractivity contribution < 1.29 is 9.59 Å². The highest BCUT2D eigenvalue weighted by atomic mass is 16.2. The Labute approximate surface area is 155 Å². The van der Waals surface area contributed by atoms with Crippen molar-refractivity contribution in [3.63, 3.8) is 0 Å². The second kappa shape index (κ2) is 7.78. The molecule has 0 bridgehead atoms. The molecule has 26 heavy (non-hydrogen) atoms. The van der Waals surface area contributed by atoms with Crippen LogP contribution in [0.15, 0.2) is 24.3 Å². The van der Waals surface area contributed by atoms with Crippen LogP contribution in [0.25, 0.3) is 0 Å². The van der Waals surface area contributed by atoms with E-state index in [0.717, 1.165) is 56.3 Å². The maximum atomic E-state index is 12.9. The molecule has 1 aromatic rings. The fraction of sp³-hybridized carbons (Fsp3) is 0.619. The van der Waals surface area contributed by atoms with Gasteiger partial charge in [0.05, 0.1) is 0 Å². The summed E-state index contributed by atoms with van der Waals surface area (Å²) in [4.78, 5) is 31.2. The van der Waals surface area contributed by atoms with Gasteiger partial charge in [0.2, 0.25) is 5.91 Å². The van der Waals surface area contributed by atoms with E-state index in [1.807, 2.05) is 34.1 Å². The Morgan fingerprint density at radius 2 is 1.77 bits per heavy atom. The molecule has 2 heterocycles. The topological polar surface area (TPSA) is 43.9 Å². The Hall–Kier alpha value is -1.88. The number of hydrogen-bond donors (Lipinski definition) is 0. The smallest absolute Gasteiger partial charge is 0.253 e. The molecule has 0 unspecified atom stereocenters. The summed E-state index contributed by atoms with van der Waals surface area (Å²) in [5, 5.41) is 0. The highest BCUT2D eigenvalue weighted by Crippen LogP contribution is 2.24. The lowest BCUT2D eigenvalue weighted by atomic mass is 10.1. The fourth-order valence-corrected chi connectivity index (χ4v) is 4.64. The average Bonchev–Trinajstić information content (AvgIpc) is 3.34. The van der Waals surface area contributed by atoms with Gasteiger partial charge in [0.25, 0.3) is 5.91 Å². The minimum Gasteiger partial charge on any atom is -0.338 e. The fourth-order valence-electron chi connectivity index (χ4n) is 4.64. The van der Waals surface area contributed by atoms with Crippen LogP contribution in [0.4, 0.5) is 0 Å². The van der Waals surface area contributed by atoms with Gasteiger partial charge in [-0.3, -0.25) is 14.5 Å². The predicted molar refractivity (Wildman–Crippen MR) is 101 cm³/mol. The van der Waals surface area contributed by atoms with Crippen molar-refractivity contribution in [3.05, 3.63) is 35.4 Å². The van der Waals surface area contributed by atoms with Crippen molar-refractivity contribution >= 4 is 11.8 Å². The molecule has 140 valence electrons. The molecule has 0 radical (unpaired) electrons. The van der Waals surface area contributed by atoms with Gasteiger partial charge in [0.1, 0.15) is 0 Å². The number of rotatable bonds is 4. The van der Waals surface area contributed by atoms with Crippen LogP contribution in [-0.4, -0.2) is 65.3 Å². The third-order valence-corrected chi connectivity index (χ3v) is 6.16. The number of amides is 2. The molecule has 1 aliphatic carbocycles. The molecule has 5 heteroatoms. The number of piperazine rings is 1. The SMILES string of the molecule is O=C1CCCN1Cc1cccc(C(=O)N2CCN(C3CCCC3)CC2)c1. The second-order valence-electron chi connectivity index (χ2n) is 7.89. The van der Waals surface area contributed by atoms with E-state index in [9.17, 15) is 9.59 Å². The Kier molecular flexibility index (Phi) is 5.25. The summed E-state index contributed by atoms with van der Waals surface area (Å²) in [7, 11) is 0. The molecule has 0 N–H and O–H groups in total. The van der Waals surface area contributed by atoms with Gasteiger partial charge in [-0.25, -0.2) is 0 Å². The van der Waals surface area contributed by atoms with Gasteiger partial charge < -0.3 is 9.80 Å². The van der Waals surface area contributed by atoms with Crippen LogP contribution < -0.4 is 0 Å². The highest BCUT2D eigenvalue weighted by molar-refractivity contribution is 5.94. The summed E-state index contributed by atoms with van der Waals surface area (Å²) in [5.41, 5.74) is 1.80. The zero-order valence-electron chi connectivity index (χ0n) is 15.5. The van der Waals surface area contributed by atoms with Crippen molar-refractivity contribution in [2.24, 2.45) is 0 Å². The summed E-state index contributed by atoms with van der Waals surface area (Å²) >= 11 is 0. The van der Waals surface area contributed by atoms with Gasteiger partial charge in [-0.15, -0.1) is 0 Å². The van der Waals surface area contributed by atoms with Crippen molar-refractivity contribution in [2.45, 2.75) is 51.1 Å². The van der Waals surface area contributed by atoms with E-state index in [-0.39, 0.29) is 11.8 Å². The number of nitrogens with zero attached hydrogens (tertiary/aromatic N) is 3. The van der Waals surface area contributed by atoms with Gasteiger partial charge in [-0.05, 0) is 37.0 Å². The lowest BCUT2D eigenvalue weighted by molar-refractivity contribution is -0.128. The second-order valence-corrected chi connectivity index (χ2v) is 7.89. The number of hydrogen-bond acceptors (Lipinski definition) is 3. The van der Waals surface area contributed by atoms with Crippen LogP contribution in [0.2, 0.25) is 0 Å². The first kappa shape index (κ1) is 17.5. The zero-order valence-corrected chi connectivity index (χ0v) is 15.5. The number of carbonyl (C=O) groups is 2. The minimum absolute atomic E-state index is 0.130. The first-order valence-electron chi connectivity index (χ1n) is 10.1. The first-order chi connectivity index (χ1) is 12.7. The van der Waals surface area contributed by atoms with Crippen LogP contribution in [0.3, 0.4) is 0 Å². The average molecular weight is 355 g/mol. The Balaban J connectivity index is 1.36. The predicted octanol–water partition coefficient (Wildman–Crippen LogP) is 2.51. The van der Waals surface area contributed by atoms with Crippen LogP contribution in [0, 0.1) is 0 Å². The molecule has 0 atom stereocenters. The molecule has 0 aromatic heterocycles. The van der Waals surface area contributed by atoms with Crippen molar-refractivity contribution in [1.29, 1.82) is 0 Å². The van der Waals surface area contributed by atoms with E-state index in [1.165, 1.54) is 25.7 Å². The van der Waals surface area contributed by atoms with Crippen LogP contribution in [0.1, 0.15) is 54.4 Å². The lowest BCUT2D eigenvalue weighted by Crippen LogP contribution is -2.51. The third kappa shape index (κ3) is 3.78. The Morgan fingerprint density at radius 3 is 2.46 bits per heavy atom. The summed E-state index contributed by atoms with van der Waals surface area (Å²) in [6, 6.07) is 8.57. The molecule has 3 aliphatic rings. The summed E-state index contributed by atoms with van der Waals surface area (Å²) < 4.78 is 0. The number of likely N-dealkylation sites (tertiary alicyclic amines) is 1. The molecule has 0 spiro atoms. The van der Waals surface area contributed by atoms with Crippen LogP contribution >= 0.6 is 0 Å². The standard InChI is InChI=1S/C21H29N3O2/c25-20-9-4-10-24(20)16-17-5-3-6-18(15-17)21(26)23-13-11-22(12-14-23)19-7-1-2-8-19/h3,5-6,15,19H,1-2,4,7-14,16H2. The Morgan fingerprint density at radius 1 is 1.00 bits per heavy atom. The normalized spacial score (nSPS) is 22.4. The van der Waals surface area contributed by atoms with E-state index in [4.69, 9.17) is 0 Å². The zero-order chi connectivity index (χ0) is 17.9. The maximum Gasteiger partial charge on any atom is 0.253 e. The lowest BCUT2D eigenvalue weighted by Gasteiger charge is -2.38. The molecular weight excluding hydrogens is 326 g/mol. The molecule has 2 amide bonds. The monoisotopic (exact) mass is 355 g/mol. The van der Waals surface area contributed by atoms with E-state index in [0.29, 0.717) is 13.0 Å². The molecule has 4 rings (SSSR count). The van der Waals surface area contributed by atoms with Gasteiger partial charge in [-0.2, -0.15) is 0 Å². The first-order valence-corrected chi connectivity index (χ1v) is 10.1. The summed E-state index contributed by atoms with van der Waals surface area (Å²) in [6.45, 7) is 5.10. The van der Waals surface area contributed by atoms with E-state index < -0.39 is 0 Å². The van der Waals surface area contributed by atoms with Crippen molar-refractivity contribution in [3.8, 4) is 0 Å². The van der Waals surface area contributed by atoms with Gasteiger partial charge >= 0.3 is 0 Å². The highest BCUT2D eigenvalue weighted by Gasteiger charge is 2.28. The van der Waals surface area contributed by atoms with E-state index >= 15 is 0 Å². The molecule has 2 saturated heterocycles. The third-order valence-electron chi connectivity index (χ3n) is 6.16. The molecule has 2 aliphatic heterocycles. The van der Waals surface area contributed by atoms with E-state index in [2.05, 4.69) is 4.90 Å². The van der Waals surface area contributed by atoms with Crippen molar-refractivity contribution in [2.75, 3.05) is 32.7 Å².